The van der Waals surface area contributed by atoms with Crippen LogP contribution in [0.3, 0.4) is 0 Å². The molecule has 2 aliphatic carbocycles. The number of likely N-dealkylation sites (N-methyl/N-ethyl adjacent to an activating group) is 1. The lowest BCUT2D eigenvalue weighted by Crippen LogP contribution is -2.82. The van der Waals surface area contributed by atoms with Crippen molar-refractivity contribution in [1.82, 2.24) is 9.80 Å². The Labute approximate surface area is 212 Å². The van der Waals surface area contributed by atoms with E-state index in [4.69, 9.17) is 4.74 Å². The number of ether oxygens (including phenoxy) is 1. The number of hydrogen-bond donors (Lipinski definition) is 2. The van der Waals surface area contributed by atoms with Gasteiger partial charge in [0.2, 0.25) is 0 Å². The first-order valence-corrected chi connectivity index (χ1v) is 13.4. The van der Waals surface area contributed by atoms with Crippen LogP contribution >= 0.6 is 0 Å². The highest BCUT2D eigenvalue weighted by molar-refractivity contribution is 6.01. The molecule has 0 radical (unpaired) electrons. The Morgan fingerprint density at radius 3 is 2.81 bits per heavy atom. The molecule has 2 aliphatic heterocycles. The third-order valence-corrected chi connectivity index (χ3v) is 8.67. The summed E-state index contributed by atoms with van der Waals surface area (Å²) >= 11 is 0. The van der Waals surface area contributed by atoms with Gasteiger partial charge in [-0.3, -0.25) is 9.69 Å². The van der Waals surface area contributed by atoms with Gasteiger partial charge in [0.05, 0.1) is 17.9 Å². The summed E-state index contributed by atoms with van der Waals surface area (Å²) in [5.41, 5.74) is 1.41. The number of nitrogens with one attached hydrogen (secondary N) is 1. The first-order chi connectivity index (χ1) is 17.3. The van der Waals surface area contributed by atoms with Crippen molar-refractivity contribution in [1.29, 1.82) is 5.26 Å². The molecule has 3 atom stereocenters. The van der Waals surface area contributed by atoms with Crippen LogP contribution in [0.1, 0.15) is 81.1 Å². The van der Waals surface area contributed by atoms with Gasteiger partial charge in [-0.2, -0.15) is 5.26 Å². The molecule has 8 nitrogen and oxygen atoms in total. The standard InChI is InChI=1S/C28H36N4O4/c1-3-31(12-11-18-14-28(2,15-18)17-29)22-5-4-6-24(22)36-20-7-8-21-19(13-20)16-32(27(21)35)23-9-10-25(33)30-26(23)34/h7-8,13,18,22-24H,3-6,9-12,14-16H2,1-2H3,(H,30,33,34)/p+1/t18?,22-,23?,24-,28?/m0/s1. The molecule has 36 heavy (non-hydrogen) atoms. The second-order valence-electron chi connectivity index (χ2n) is 11.3. The van der Waals surface area contributed by atoms with Crippen LogP contribution in [-0.2, 0) is 11.3 Å². The Kier molecular flexibility index (Phi) is 6.78. The lowest BCUT2D eigenvalue weighted by Gasteiger charge is -2.41. The Balaban J connectivity index is 1.21. The van der Waals surface area contributed by atoms with Gasteiger partial charge in [0.1, 0.15) is 11.9 Å². The van der Waals surface area contributed by atoms with E-state index in [0.29, 0.717) is 36.9 Å². The number of carbonyl (C=O) groups is 2. The van der Waals surface area contributed by atoms with E-state index in [9.17, 15) is 20.0 Å². The van der Waals surface area contributed by atoms with Gasteiger partial charge in [0.15, 0.2) is 6.04 Å². The number of nitrogens with zero attached hydrogens (tertiary/aromatic N) is 3. The average molecular weight is 494 g/mol. The summed E-state index contributed by atoms with van der Waals surface area (Å²) in [5, 5.41) is 19.5. The molecule has 1 unspecified atom stereocenters. The van der Waals surface area contributed by atoms with Gasteiger partial charge in [-0.25, -0.2) is 4.79 Å². The number of carbonyl (C=O) groups excluding carboxylic acids is 2. The molecule has 2 heterocycles. The molecule has 0 saturated heterocycles. The largest absolute Gasteiger partial charge is 0.489 e. The van der Waals surface area contributed by atoms with Crippen molar-refractivity contribution < 1.29 is 24.4 Å². The Morgan fingerprint density at radius 1 is 1.28 bits per heavy atom. The van der Waals surface area contributed by atoms with Gasteiger partial charge < -0.3 is 14.7 Å². The fourth-order valence-corrected chi connectivity index (χ4v) is 6.69. The van der Waals surface area contributed by atoms with Crippen LogP contribution in [-0.4, -0.2) is 63.9 Å². The molecule has 2 amide bonds. The third-order valence-electron chi connectivity index (χ3n) is 8.67. The van der Waals surface area contributed by atoms with Crippen molar-refractivity contribution in [2.45, 2.75) is 89.9 Å². The maximum atomic E-state index is 13.0. The smallest absolute Gasteiger partial charge is 0.388 e. The highest BCUT2D eigenvalue weighted by atomic mass is 16.5. The summed E-state index contributed by atoms with van der Waals surface area (Å²) in [6.07, 6.45) is 7.28. The molecular weight excluding hydrogens is 456 g/mol. The molecule has 2 saturated carbocycles. The highest BCUT2D eigenvalue weighted by Crippen LogP contribution is 2.46. The molecule has 5 rings (SSSR count). The summed E-state index contributed by atoms with van der Waals surface area (Å²) < 4.78 is 6.52. The topological polar surface area (TPSA) is 108 Å². The zero-order chi connectivity index (χ0) is 25.4. The molecule has 0 aromatic heterocycles. The molecule has 1 aromatic rings. The van der Waals surface area contributed by atoms with E-state index in [1.807, 2.05) is 18.2 Å². The van der Waals surface area contributed by atoms with Crippen LogP contribution in [0.5, 0.6) is 5.75 Å². The van der Waals surface area contributed by atoms with E-state index in [1.165, 1.54) is 0 Å². The second-order valence-corrected chi connectivity index (χ2v) is 11.3. The SMILES string of the molecule is CCN(CCC1CC(C)(C#N)C1)[C@H]1CCC[C@@H]1Oc1ccc2c(c1)CN(C1CCC(=O)[NH+]=C1O)C2=O. The fourth-order valence-electron chi connectivity index (χ4n) is 6.69. The molecule has 0 spiro atoms. The fraction of sp³-hybridized carbons (Fsp3) is 0.643. The van der Waals surface area contributed by atoms with Crippen molar-refractivity contribution in [3.8, 4) is 11.8 Å². The van der Waals surface area contributed by atoms with Crippen LogP contribution in [0.4, 0.5) is 0 Å². The van der Waals surface area contributed by atoms with Crippen molar-refractivity contribution in [2.75, 3.05) is 13.1 Å². The van der Waals surface area contributed by atoms with Crippen molar-refractivity contribution >= 4 is 17.7 Å². The Hall–Kier alpha value is -2.92. The number of fused-ring (bicyclic) bond motifs is 1. The summed E-state index contributed by atoms with van der Waals surface area (Å²) in [4.78, 5) is 31.2. The van der Waals surface area contributed by atoms with Crippen LogP contribution in [0.2, 0.25) is 0 Å². The molecule has 0 bridgehead atoms. The number of hydrogen-bond acceptors (Lipinski definition) is 5. The van der Waals surface area contributed by atoms with Crippen molar-refractivity contribution in [3.63, 3.8) is 0 Å². The van der Waals surface area contributed by atoms with Crippen LogP contribution in [0.15, 0.2) is 18.2 Å². The Bertz CT molecular complexity index is 1100. The van der Waals surface area contributed by atoms with Crippen molar-refractivity contribution in [3.05, 3.63) is 29.3 Å². The first-order valence-electron chi connectivity index (χ1n) is 13.4. The highest BCUT2D eigenvalue weighted by Gasteiger charge is 2.42. The third kappa shape index (κ3) is 4.73. The zero-order valence-corrected chi connectivity index (χ0v) is 21.3. The molecule has 1 aromatic carbocycles. The van der Waals surface area contributed by atoms with Gasteiger partial charge >= 0.3 is 11.8 Å². The summed E-state index contributed by atoms with van der Waals surface area (Å²) in [6, 6.07) is 8.02. The predicted octanol–water partition coefficient (Wildman–Crippen LogP) is 2.32. The van der Waals surface area contributed by atoms with Gasteiger partial charge in [0, 0.05) is 18.2 Å². The van der Waals surface area contributed by atoms with E-state index in [0.717, 1.165) is 62.9 Å². The minimum atomic E-state index is -0.494. The average Bonchev–Trinajstić information content (AvgIpc) is 3.42. The molecule has 2 fully saturated rings. The number of amides is 2. The van der Waals surface area contributed by atoms with Gasteiger partial charge in [0.25, 0.3) is 5.91 Å². The summed E-state index contributed by atoms with van der Waals surface area (Å²) in [6.45, 7) is 6.70. The van der Waals surface area contributed by atoms with Gasteiger partial charge in [-0.15, -0.1) is 4.99 Å². The maximum absolute atomic E-state index is 13.0. The summed E-state index contributed by atoms with van der Waals surface area (Å²) in [7, 11) is 0. The van der Waals surface area contributed by atoms with E-state index in [-0.39, 0.29) is 29.2 Å². The number of nitriles is 1. The number of aliphatic hydroxyl groups is 1. The Morgan fingerprint density at radius 2 is 2.08 bits per heavy atom. The van der Waals surface area contributed by atoms with Crippen LogP contribution in [0.25, 0.3) is 0 Å². The van der Waals surface area contributed by atoms with E-state index < -0.39 is 6.04 Å². The molecular formula is C28H37N4O4+. The zero-order valence-electron chi connectivity index (χ0n) is 21.3. The molecule has 4 aliphatic rings. The second kappa shape index (κ2) is 9.85. The number of aliphatic hydroxyl groups excluding tert-OH is 1. The normalized spacial score (nSPS) is 31.7. The van der Waals surface area contributed by atoms with Gasteiger partial charge in [-0.05, 0) is 94.6 Å². The maximum Gasteiger partial charge on any atom is 0.388 e. The minimum Gasteiger partial charge on any atom is -0.489 e. The molecule has 2 N–H and O–H groups in total. The monoisotopic (exact) mass is 493 g/mol. The van der Waals surface area contributed by atoms with Crippen LogP contribution in [0, 0.1) is 22.7 Å². The van der Waals surface area contributed by atoms with E-state index >= 15 is 0 Å². The predicted molar refractivity (Wildman–Crippen MR) is 133 cm³/mol. The van der Waals surface area contributed by atoms with E-state index in [1.54, 1.807) is 4.90 Å². The van der Waals surface area contributed by atoms with Crippen molar-refractivity contribution in [2.24, 2.45) is 11.3 Å². The van der Waals surface area contributed by atoms with Crippen LogP contribution < -0.4 is 9.73 Å². The molecule has 192 valence electrons. The first kappa shape index (κ1) is 24.8. The quantitative estimate of drug-likeness (QED) is 0.576. The lowest BCUT2D eigenvalue weighted by molar-refractivity contribution is -0.394. The van der Waals surface area contributed by atoms with E-state index in [2.05, 4.69) is 29.8 Å². The number of rotatable bonds is 8. The minimum absolute atomic E-state index is 0.118. The summed E-state index contributed by atoms with van der Waals surface area (Å²) in [5.74, 6) is 0.949. The molecule has 8 heteroatoms. The van der Waals surface area contributed by atoms with Gasteiger partial charge in [-0.1, -0.05) is 6.92 Å². The lowest BCUT2D eigenvalue weighted by atomic mass is 9.63. The number of benzene rings is 1.